The minimum Gasteiger partial charge on any atom is -0.484 e. The highest BCUT2D eigenvalue weighted by molar-refractivity contribution is 9.10. The summed E-state index contributed by atoms with van der Waals surface area (Å²) in [6.07, 6.45) is 0. The molecule has 0 aliphatic rings. The Kier molecular flexibility index (Phi) is 9.15. The first kappa shape index (κ1) is 19.3. The molecule has 0 saturated carbocycles. The third-order valence-corrected chi connectivity index (χ3v) is 3.72. The number of benzene rings is 1. The van der Waals surface area contributed by atoms with Gasteiger partial charge in [-0.25, -0.2) is 0 Å². The molecule has 9 heteroatoms. The van der Waals surface area contributed by atoms with E-state index in [-0.39, 0.29) is 24.1 Å². The van der Waals surface area contributed by atoms with E-state index in [4.69, 9.17) is 9.47 Å². The summed E-state index contributed by atoms with van der Waals surface area (Å²) in [6, 6.07) is 7.00. The van der Waals surface area contributed by atoms with Gasteiger partial charge in [0, 0.05) is 4.47 Å². The fourth-order valence-corrected chi connectivity index (χ4v) is 2.19. The molecular weight excluding hydrogens is 388 g/mol. The van der Waals surface area contributed by atoms with Crippen LogP contribution in [0.5, 0.6) is 5.75 Å². The van der Waals surface area contributed by atoms with Crippen molar-refractivity contribution in [2.45, 2.75) is 6.92 Å². The molecule has 7 nitrogen and oxygen atoms in total. The van der Waals surface area contributed by atoms with Crippen molar-refractivity contribution in [1.29, 1.82) is 0 Å². The monoisotopic (exact) mass is 404 g/mol. The van der Waals surface area contributed by atoms with E-state index < -0.39 is 11.8 Å². The topological polar surface area (TPSA) is 93.7 Å². The van der Waals surface area contributed by atoms with Crippen molar-refractivity contribution >= 4 is 45.5 Å². The molecule has 1 aromatic carbocycles. The van der Waals surface area contributed by atoms with Crippen LogP contribution in [0.1, 0.15) is 6.92 Å². The van der Waals surface area contributed by atoms with Gasteiger partial charge < -0.3 is 9.47 Å². The molecule has 0 bridgehead atoms. The molecule has 0 radical (unpaired) electrons. The van der Waals surface area contributed by atoms with Crippen LogP contribution < -0.4 is 15.6 Å². The average molecular weight is 405 g/mol. The number of carbonyl (C=O) groups is 3. The lowest BCUT2D eigenvalue weighted by Crippen LogP contribution is -2.44. The van der Waals surface area contributed by atoms with E-state index in [0.29, 0.717) is 12.4 Å². The number of nitrogens with one attached hydrogen (secondary N) is 2. The Labute approximate surface area is 146 Å². The second-order valence-corrected chi connectivity index (χ2v) is 6.04. The van der Waals surface area contributed by atoms with E-state index in [0.717, 1.165) is 16.2 Å². The molecule has 0 atom stereocenters. The van der Waals surface area contributed by atoms with Crippen LogP contribution in [0.2, 0.25) is 0 Å². The predicted molar refractivity (Wildman–Crippen MR) is 89.9 cm³/mol. The SMILES string of the molecule is CCOC(=O)CSCC(=O)NNC(=O)COc1ccc(Br)cc1. The molecule has 23 heavy (non-hydrogen) atoms. The van der Waals surface area contributed by atoms with Crippen LogP contribution in [0.3, 0.4) is 0 Å². The number of carbonyl (C=O) groups excluding carboxylic acids is 3. The first-order chi connectivity index (χ1) is 11.0. The summed E-state index contributed by atoms with van der Waals surface area (Å²) in [6.45, 7) is 1.79. The summed E-state index contributed by atoms with van der Waals surface area (Å²) in [7, 11) is 0. The molecule has 0 saturated heterocycles. The molecule has 1 rings (SSSR count). The molecule has 0 aliphatic carbocycles. The van der Waals surface area contributed by atoms with E-state index in [9.17, 15) is 14.4 Å². The highest BCUT2D eigenvalue weighted by atomic mass is 79.9. The van der Waals surface area contributed by atoms with Crippen LogP contribution >= 0.6 is 27.7 Å². The number of esters is 1. The van der Waals surface area contributed by atoms with Crippen molar-refractivity contribution in [2.24, 2.45) is 0 Å². The molecule has 1 aromatic rings. The molecule has 0 aromatic heterocycles. The maximum absolute atomic E-state index is 11.5. The van der Waals surface area contributed by atoms with E-state index in [1.54, 1.807) is 31.2 Å². The van der Waals surface area contributed by atoms with Crippen molar-refractivity contribution in [1.82, 2.24) is 10.9 Å². The molecule has 0 aliphatic heterocycles. The number of hydrogen-bond donors (Lipinski definition) is 2. The third-order valence-electron chi connectivity index (χ3n) is 2.28. The maximum atomic E-state index is 11.5. The van der Waals surface area contributed by atoms with Crippen LogP contribution in [0, 0.1) is 0 Å². The molecule has 0 unspecified atom stereocenters. The third kappa shape index (κ3) is 9.09. The highest BCUT2D eigenvalue weighted by Gasteiger charge is 2.08. The lowest BCUT2D eigenvalue weighted by atomic mass is 10.3. The number of halogens is 1. The summed E-state index contributed by atoms with van der Waals surface area (Å²) >= 11 is 4.39. The zero-order valence-electron chi connectivity index (χ0n) is 12.5. The van der Waals surface area contributed by atoms with Gasteiger partial charge in [-0.1, -0.05) is 15.9 Å². The second-order valence-electron chi connectivity index (χ2n) is 4.14. The smallest absolute Gasteiger partial charge is 0.315 e. The van der Waals surface area contributed by atoms with Crippen LogP contribution in [-0.4, -0.2) is 42.5 Å². The predicted octanol–water partition coefficient (Wildman–Crippen LogP) is 1.27. The van der Waals surface area contributed by atoms with Crippen LogP contribution in [0.25, 0.3) is 0 Å². The number of rotatable bonds is 8. The van der Waals surface area contributed by atoms with Crippen LogP contribution in [0.4, 0.5) is 0 Å². The van der Waals surface area contributed by atoms with Crippen molar-refractivity contribution < 1.29 is 23.9 Å². The molecule has 0 spiro atoms. The van der Waals surface area contributed by atoms with Crippen molar-refractivity contribution in [2.75, 3.05) is 24.7 Å². The van der Waals surface area contributed by atoms with Crippen LogP contribution in [0.15, 0.2) is 28.7 Å². The zero-order valence-corrected chi connectivity index (χ0v) is 14.9. The Hall–Kier alpha value is -1.74. The minimum atomic E-state index is -0.489. The molecule has 2 N–H and O–H groups in total. The Morgan fingerprint density at radius 1 is 1.09 bits per heavy atom. The van der Waals surface area contributed by atoms with Gasteiger partial charge in [0.1, 0.15) is 5.75 Å². The molecule has 2 amide bonds. The second kappa shape index (κ2) is 10.9. The molecule has 0 heterocycles. The van der Waals surface area contributed by atoms with Crippen LogP contribution in [-0.2, 0) is 19.1 Å². The summed E-state index contributed by atoms with van der Waals surface area (Å²) < 4.78 is 10.9. The largest absolute Gasteiger partial charge is 0.484 e. The molecular formula is C14H17BrN2O5S. The highest BCUT2D eigenvalue weighted by Crippen LogP contribution is 2.15. The van der Waals surface area contributed by atoms with Gasteiger partial charge >= 0.3 is 5.97 Å². The van der Waals surface area contributed by atoms with E-state index in [1.165, 1.54) is 0 Å². The van der Waals surface area contributed by atoms with Gasteiger partial charge in [-0.3, -0.25) is 25.2 Å². The summed E-state index contributed by atoms with van der Waals surface area (Å²) in [4.78, 5) is 34.0. The zero-order chi connectivity index (χ0) is 17.1. The van der Waals surface area contributed by atoms with Gasteiger partial charge in [0.15, 0.2) is 6.61 Å². The van der Waals surface area contributed by atoms with Gasteiger partial charge in [-0.2, -0.15) is 0 Å². The van der Waals surface area contributed by atoms with Gasteiger partial charge in [0.05, 0.1) is 18.1 Å². The van der Waals surface area contributed by atoms with E-state index in [1.807, 2.05) is 0 Å². The van der Waals surface area contributed by atoms with E-state index in [2.05, 4.69) is 26.8 Å². The number of ether oxygens (including phenoxy) is 2. The van der Waals surface area contributed by atoms with Gasteiger partial charge in [-0.05, 0) is 31.2 Å². The minimum absolute atomic E-state index is 0.0344. The van der Waals surface area contributed by atoms with Crippen molar-refractivity contribution in [3.05, 3.63) is 28.7 Å². The lowest BCUT2D eigenvalue weighted by molar-refractivity contribution is -0.139. The number of hydrogen-bond acceptors (Lipinski definition) is 6. The Balaban J connectivity index is 2.13. The summed E-state index contributed by atoms with van der Waals surface area (Å²) in [5, 5.41) is 0. The number of thioether (sulfide) groups is 1. The standard InChI is InChI=1S/C14H17BrN2O5S/c1-2-21-14(20)9-23-8-13(19)17-16-12(18)7-22-11-5-3-10(15)4-6-11/h3-6H,2,7-9H2,1H3,(H,16,18)(H,17,19). The van der Waals surface area contributed by atoms with E-state index >= 15 is 0 Å². The number of amides is 2. The Morgan fingerprint density at radius 2 is 1.74 bits per heavy atom. The quantitative estimate of drug-likeness (QED) is 0.500. The first-order valence-corrected chi connectivity index (χ1v) is 8.65. The van der Waals surface area contributed by atoms with Gasteiger partial charge in [0.25, 0.3) is 5.91 Å². The molecule has 126 valence electrons. The summed E-state index contributed by atoms with van der Waals surface area (Å²) in [5.74, 6) is -0.626. The van der Waals surface area contributed by atoms with Crippen molar-refractivity contribution in [3.63, 3.8) is 0 Å². The van der Waals surface area contributed by atoms with Gasteiger partial charge in [-0.15, -0.1) is 11.8 Å². The number of hydrazine groups is 1. The summed E-state index contributed by atoms with van der Waals surface area (Å²) in [5.41, 5.74) is 4.46. The lowest BCUT2D eigenvalue weighted by Gasteiger charge is -2.08. The fourth-order valence-electron chi connectivity index (χ4n) is 1.32. The Bertz CT molecular complexity index is 538. The maximum Gasteiger partial charge on any atom is 0.315 e. The average Bonchev–Trinajstić information content (AvgIpc) is 2.52. The normalized spacial score (nSPS) is 9.83. The van der Waals surface area contributed by atoms with Crippen molar-refractivity contribution in [3.8, 4) is 5.75 Å². The fraction of sp³-hybridized carbons (Fsp3) is 0.357. The van der Waals surface area contributed by atoms with Gasteiger partial charge in [0.2, 0.25) is 5.91 Å². The first-order valence-electron chi connectivity index (χ1n) is 6.70. The Morgan fingerprint density at radius 3 is 2.39 bits per heavy atom. The molecule has 0 fully saturated rings.